The van der Waals surface area contributed by atoms with Crippen LogP contribution in [0.5, 0.6) is 0 Å². The number of nitrogens with two attached hydrogens (primary N) is 1. The van der Waals surface area contributed by atoms with Gasteiger partial charge in [-0.2, -0.15) is 0 Å². The van der Waals surface area contributed by atoms with Gasteiger partial charge >= 0.3 is 11.9 Å². The fourth-order valence-electron chi connectivity index (χ4n) is 4.09. The van der Waals surface area contributed by atoms with Gasteiger partial charge in [-0.15, -0.1) is 0 Å². The number of carbonyl (C=O) groups excluding carboxylic acids is 3. The summed E-state index contributed by atoms with van der Waals surface area (Å²) in [5.74, 6) is -1.91. The van der Waals surface area contributed by atoms with Crippen LogP contribution >= 0.6 is 35.0 Å². The number of esters is 2. The van der Waals surface area contributed by atoms with Crippen molar-refractivity contribution in [2.75, 3.05) is 18.9 Å². The van der Waals surface area contributed by atoms with E-state index in [1.165, 1.54) is 4.57 Å². The molecule has 1 atom stereocenters. The molecule has 198 valence electrons. The van der Waals surface area contributed by atoms with Gasteiger partial charge in [0, 0.05) is 15.3 Å². The van der Waals surface area contributed by atoms with Gasteiger partial charge in [0.15, 0.2) is 5.69 Å². The van der Waals surface area contributed by atoms with E-state index in [4.69, 9.17) is 38.4 Å². The molecule has 0 spiro atoms. The molecule has 0 saturated heterocycles. The second-order valence-corrected chi connectivity index (χ2v) is 10.4. The lowest BCUT2D eigenvalue weighted by Crippen LogP contribution is -2.42. The largest absolute Gasteiger partial charge is 0.462 e. The third-order valence-electron chi connectivity index (χ3n) is 5.92. The van der Waals surface area contributed by atoms with Gasteiger partial charge in [0.1, 0.15) is 10.2 Å². The minimum atomic E-state index is -0.933. The Morgan fingerprint density at radius 2 is 1.71 bits per heavy atom. The zero-order chi connectivity index (χ0) is 27.4. The van der Waals surface area contributed by atoms with Crippen molar-refractivity contribution in [1.82, 2.24) is 4.57 Å². The van der Waals surface area contributed by atoms with Gasteiger partial charge in [-0.3, -0.25) is 9.36 Å². The average molecular weight is 573 g/mol. The molecule has 10 heteroatoms. The van der Waals surface area contributed by atoms with E-state index in [1.807, 2.05) is 6.92 Å². The number of benzene rings is 2. The number of aromatic nitrogens is 1. The van der Waals surface area contributed by atoms with Gasteiger partial charge in [-0.1, -0.05) is 84.7 Å². The molecule has 2 aromatic carbocycles. The van der Waals surface area contributed by atoms with Crippen molar-refractivity contribution in [3.63, 3.8) is 0 Å². The number of unbranched alkanes of at least 4 members (excludes halogenated alkanes) is 1. The van der Waals surface area contributed by atoms with Crippen molar-refractivity contribution in [2.45, 2.75) is 31.9 Å². The van der Waals surface area contributed by atoms with Gasteiger partial charge < -0.3 is 15.2 Å². The normalized spacial score (nSPS) is 15.4. The lowest BCUT2D eigenvalue weighted by atomic mass is 10.1. The van der Waals surface area contributed by atoms with E-state index in [2.05, 4.69) is 0 Å². The van der Waals surface area contributed by atoms with Gasteiger partial charge in [0.25, 0.3) is 0 Å². The van der Waals surface area contributed by atoms with Crippen molar-refractivity contribution in [1.29, 1.82) is 0 Å². The Kier molecular flexibility index (Phi) is 8.87. The Labute approximate surface area is 234 Å². The van der Waals surface area contributed by atoms with Crippen LogP contribution in [0, 0.1) is 0 Å². The summed E-state index contributed by atoms with van der Waals surface area (Å²) in [7, 11) is 0. The molecule has 1 aliphatic rings. The van der Waals surface area contributed by atoms with Crippen molar-refractivity contribution in [3.8, 4) is 0 Å². The smallest absolute Gasteiger partial charge is 0.357 e. The van der Waals surface area contributed by atoms with E-state index in [-0.39, 0.29) is 34.8 Å². The van der Waals surface area contributed by atoms with Crippen LogP contribution in [0.4, 0.5) is 5.69 Å². The maximum absolute atomic E-state index is 14.1. The van der Waals surface area contributed by atoms with E-state index >= 15 is 0 Å². The maximum atomic E-state index is 14.1. The number of anilines is 1. The van der Waals surface area contributed by atoms with Crippen molar-refractivity contribution >= 4 is 69.5 Å². The molecular weight excluding hydrogens is 547 g/mol. The summed E-state index contributed by atoms with van der Waals surface area (Å²) >= 11 is 13.9. The maximum Gasteiger partial charge on any atom is 0.357 e. The fraction of sp³-hybridized carbons (Fsp3) is 0.250. The second-order valence-electron chi connectivity index (χ2n) is 8.42. The van der Waals surface area contributed by atoms with Crippen LogP contribution in [0.15, 0.2) is 48.5 Å². The molecule has 0 fully saturated rings. The summed E-state index contributed by atoms with van der Waals surface area (Å²) < 4.78 is 12.0. The highest BCUT2D eigenvalue weighted by atomic mass is 35.5. The first-order valence-corrected chi connectivity index (χ1v) is 13.7. The van der Waals surface area contributed by atoms with E-state index in [0.717, 1.165) is 18.2 Å². The predicted octanol–water partition coefficient (Wildman–Crippen LogP) is 4.96. The van der Waals surface area contributed by atoms with Crippen LogP contribution in [0.1, 0.15) is 58.3 Å². The number of nitrogen functional groups attached to an aromatic ring is 1. The molecule has 3 aromatic rings. The number of hydrogen-bond acceptors (Lipinski definition) is 7. The van der Waals surface area contributed by atoms with Crippen LogP contribution in [-0.2, 0) is 14.3 Å². The molecule has 1 aliphatic heterocycles. The number of rotatable bonds is 8. The van der Waals surface area contributed by atoms with Gasteiger partial charge in [0.05, 0.1) is 24.3 Å². The van der Waals surface area contributed by atoms with Crippen molar-refractivity contribution in [3.05, 3.63) is 86.0 Å². The zero-order valence-electron chi connectivity index (χ0n) is 20.8. The fourth-order valence-corrected chi connectivity index (χ4v) is 5.83. The molecule has 0 radical (unpaired) electrons. The highest BCUT2D eigenvalue weighted by molar-refractivity contribution is 8.10. The average Bonchev–Trinajstić information content (AvgIpc) is 3.19. The molecule has 0 amide bonds. The first-order chi connectivity index (χ1) is 18.3. The summed E-state index contributed by atoms with van der Waals surface area (Å²) in [5.41, 5.74) is 7.48. The number of hydrogen-bond donors (Lipinski definition) is 1. The molecule has 0 unspecified atom stereocenters. The second kappa shape index (κ2) is 12.1. The van der Waals surface area contributed by atoms with Crippen molar-refractivity contribution < 1.29 is 23.9 Å². The molecule has 7 nitrogen and oxygen atoms in total. The topological polar surface area (TPSA) is 101 Å². The predicted molar refractivity (Wildman–Crippen MR) is 151 cm³/mol. The molecular formula is C28H26Cl2N2O5S. The van der Waals surface area contributed by atoms with Gasteiger partial charge in [-0.05, 0) is 42.7 Å². The lowest BCUT2D eigenvalue weighted by Gasteiger charge is -2.24. The van der Waals surface area contributed by atoms with Crippen LogP contribution in [-0.4, -0.2) is 35.6 Å². The molecule has 38 heavy (non-hydrogen) atoms. The summed E-state index contributed by atoms with van der Waals surface area (Å²) in [4.78, 5) is 40.8. The highest BCUT2D eigenvalue weighted by Gasteiger charge is 2.39. The number of thioether (sulfide) groups is 1. The minimum Gasteiger partial charge on any atom is -0.462 e. The first kappa shape index (κ1) is 27.8. The standard InChI is InChI=1S/C28H26Cl2N2O5S/c1-3-5-14-37-27(34)23-21(31)18(15-16-10-6-8-12-19(16)29)22-25(28(35)36-4-2)38-24(26(33)32(22)23)17-11-7-9-13-20(17)30/h6-13,15,24H,3-5,14,31H2,1-2H3/b18-15+/t24-/m0/s1. The molecule has 2 N–H and O–H groups in total. The quantitative estimate of drug-likeness (QED) is 0.300. The lowest BCUT2D eigenvalue weighted by molar-refractivity contribution is -0.135. The molecule has 2 heterocycles. The third kappa shape index (κ3) is 5.34. The number of nitrogens with zero attached hydrogens (tertiary/aromatic N) is 1. The van der Waals surface area contributed by atoms with Gasteiger partial charge in [-0.25, -0.2) is 9.59 Å². The van der Waals surface area contributed by atoms with Crippen LogP contribution in [0.2, 0.25) is 10.0 Å². The Balaban J connectivity index is 2.08. The first-order valence-electron chi connectivity index (χ1n) is 12.1. The third-order valence-corrected chi connectivity index (χ3v) is 7.90. The molecule has 1 aromatic heterocycles. The van der Waals surface area contributed by atoms with Crippen LogP contribution < -0.4 is 16.3 Å². The summed E-state index contributed by atoms with van der Waals surface area (Å²) in [6.07, 6.45) is 3.10. The van der Waals surface area contributed by atoms with E-state index in [1.54, 1.807) is 61.5 Å². The van der Waals surface area contributed by atoms with Crippen molar-refractivity contribution in [2.24, 2.45) is 0 Å². The monoisotopic (exact) mass is 572 g/mol. The minimum absolute atomic E-state index is 0.00280. The Bertz CT molecular complexity index is 1530. The number of ether oxygens (including phenoxy) is 2. The van der Waals surface area contributed by atoms with E-state index in [0.29, 0.717) is 32.8 Å². The molecule has 0 bridgehead atoms. The summed E-state index contributed by atoms with van der Waals surface area (Å²) in [6.45, 7) is 3.92. The Hall–Kier alpha value is -3.20. The van der Waals surface area contributed by atoms with E-state index < -0.39 is 23.1 Å². The summed E-state index contributed by atoms with van der Waals surface area (Å²) in [5, 5.41) is 0.293. The molecule has 0 aliphatic carbocycles. The number of carbonyl (C=O) groups is 3. The summed E-state index contributed by atoms with van der Waals surface area (Å²) in [6, 6.07) is 13.9. The van der Waals surface area contributed by atoms with Crippen LogP contribution in [0.25, 0.3) is 11.0 Å². The van der Waals surface area contributed by atoms with Crippen LogP contribution in [0.3, 0.4) is 0 Å². The number of fused-ring (bicyclic) bond motifs is 1. The molecule has 4 rings (SSSR count). The Morgan fingerprint density at radius 1 is 1.03 bits per heavy atom. The highest BCUT2D eigenvalue weighted by Crippen LogP contribution is 2.42. The van der Waals surface area contributed by atoms with Gasteiger partial charge in [0.2, 0.25) is 5.91 Å². The Morgan fingerprint density at radius 3 is 2.37 bits per heavy atom. The molecule has 0 saturated carbocycles. The zero-order valence-corrected chi connectivity index (χ0v) is 23.2. The SMILES string of the molecule is CCCCOC(=O)c1c(N)/c(=C\c2ccccc2Cl)c2n1C(=O)[C@H](c1ccccc1Cl)SC=2C(=O)OCC. The number of halogens is 2. The van der Waals surface area contributed by atoms with E-state index in [9.17, 15) is 14.4 Å².